The Morgan fingerprint density at radius 3 is 2.23 bits per heavy atom. The van der Waals surface area contributed by atoms with Crippen LogP contribution in [0.1, 0.15) is 72.1 Å². The van der Waals surface area contributed by atoms with Gasteiger partial charge in [-0.1, -0.05) is 13.8 Å². The molecule has 196 valence electrons. The number of hydrogen-bond acceptors (Lipinski definition) is 6. The highest BCUT2D eigenvalue weighted by atomic mass is 32.2. The zero-order chi connectivity index (χ0) is 25.5. The van der Waals surface area contributed by atoms with Crippen molar-refractivity contribution in [3.63, 3.8) is 0 Å². The minimum absolute atomic E-state index is 0.0629. The van der Waals surface area contributed by atoms with E-state index in [2.05, 4.69) is 32.8 Å². The summed E-state index contributed by atoms with van der Waals surface area (Å²) in [5.41, 5.74) is 1.19. The minimum Gasteiger partial charge on any atom is -0.509 e. The first-order valence-corrected chi connectivity index (χ1v) is 14.8. The second-order valence-corrected chi connectivity index (χ2v) is 14.0. The first-order valence-electron chi connectivity index (χ1n) is 13.4. The van der Waals surface area contributed by atoms with E-state index in [4.69, 9.17) is 4.99 Å². The Labute approximate surface area is 216 Å². The van der Waals surface area contributed by atoms with Crippen LogP contribution in [-0.2, 0) is 9.59 Å². The van der Waals surface area contributed by atoms with Gasteiger partial charge in [0.1, 0.15) is 11.3 Å². The number of aliphatic hydroxyl groups excluding tert-OH is 1. The van der Waals surface area contributed by atoms with Crippen molar-refractivity contribution < 1.29 is 14.7 Å². The standard InChI is InChI=1S/C28H45N3O3S/c1-18(32)31-23(7-8-35-6)25(33)24(26(31)34)22(29-16-27(2,3)17-30(4)5)15-28-12-19-9-20(13-28)11-21(10-19)14-28/h19-21,23,33H,7-17H2,1-6H3. The molecule has 0 aromatic heterocycles. The molecule has 1 heterocycles. The molecular formula is C28H45N3O3S. The Kier molecular flexibility index (Phi) is 7.78. The van der Waals surface area contributed by atoms with Crippen molar-refractivity contribution in [2.24, 2.45) is 33.6 Å². The van der Waals surface area contributed by atoms with Crippen molar-refractivity contribution in [3.05, 3.63) is 11.3 Å². The Bertz CT molecular complexity index is 872. The fraction of sp³-hybridized carbons (Fsp3) is 0.821. The number of carbonyl (C=O) groups is 2. The lowest BCUT2D eigenvalue weighted by Gasteiger charge is -2.57. The Morgan fingerprint density at radius 1 is 1.17 bits per heavy atom. The maximum atomic E-state index is 13.7. The molecule has 1 atom stereocenters. The third-order valence-corrected chi connectivity index (χ3v) is 9.33. The van der Waals surface area contributed by atoms with Gasteiger partial charge in [-0.15, -0.1) is 0 Å². The van der Waals surface area contributed by atoms with Gasteiger partial charge in [-0.3, -0.25) is 19.5 Å². The third-order valence-electron chi connectivity index (χ3n) is 8.69. The molecule has 1 unspecified atom stereocenters. The Hall–Kier alpha value is -1.34. The maximum Gasteiger partial charge on any atom is 0.266 e. The highest BCUT2D eigenvalue weighted by molar-refractivity contribution is 7.98. The van der Waals surface area contributed by atoms with Gasteiger partial charge in [0.2, 0.25) is 5.91 Å². The molecule has 4 aliphatic carbocycles. The number of aliphatic hydroxyl groups is 1. The molecule has 5 rings (SSSR count). The van der Waals surface area contributed by atoms with E-state index < -0.39 is 6.04 Å². The molecule has 4 fully saturated rings. The van der Waals surface area contributed by atoms with Crippen LogP contribution in [0.2, 0.25) is 0 Å². The first kappa shape index (κ1) is 26.7. The highest BCUT2D eigenvalue weighted by Gasteiger charge is 2.52. The summed E-state index contributed by atoms with van der Waals surface area (Å²) < 4.78 is 0. The SMILES string of the molecule is CSCCC1C(O)=C(C(CC23CC4CC(CC(C4)C2)C3)=NCC(C)(C)CN(C)C)C(=O)N1C(C)=O. The summed E-state index contributed by atoms with van der Waals surface area (Å²) in [6, 6.07) is -0.571. The molecule has 5 aliphatic rings. The molecule has 4 bridgehead atoms. The van der Waals surface area contributed by atoms with Gasteiger partial charge in [0, 0.05) is 20.0 Å². The number of hydrogen-bond donors (Lipinski definition) is 1. The lowest BCUT2D eigenvalue weighted by Crippen LogP contribution is -2.47. The van der Waals surface area contributed by atoms with E-state index in [1.807, 2.05) is 6.26 Å². The zero-order valence-corrected chi connectivity index (χ0v) is 23.4. The van der Waals surface area contributed by atoms with E-state index in [9.17, 15) is 14.7 Å². The van der Waals surface area contributed by atoms with Crippen LogP contribution < -0.4 is 0 Å². The summed E-state index contributed by atoms with van der Waals surface area (Å²) in [4.78, 5) is 34.7. The van der Waals surface area contributed by atoms with Crippen LogP contribution in [-0.4, -0.2) is 77.7 Å². The molecule has 0 radical (unpaired) electrons. The van der Waals surface area contributed by atoms with E-state index >= 15 is 0 Å². The van der Waals surface area contributed by atoms with Crippen LogP contribution in [0, 0.1) is 28.6 Å². The number of rotatable bonds is 10. The predicted molar refractivity (Wildman–Crippen MR) is 144 cm³/mol. The van der Waals surface area contributed by atoms with E-state index in [0.29, 0.717) is 18.5 Å². The maximum absolute atomic E-state index is 13.7. The average molecular weight is 504 g/mol. The number of nitrogens with zero attached hydrogens (tertiary/aromatic N) is 3. The fourth-order valence-corrected chi connectivity index (χ4v) is 8.55. The van der Waals surface area contributed by atoms with Crippen molar-refractivity contribution in [1.29, 1.82) is 0 Å². The quantitative estimate of drug-likeness (QED) is 0.427. The molecule has 4 saturated carbocycles. The average Bonchev–Trinajstić information content (AvgIpc) is 2.97. The first-order chi connectivity index (χ1) is 16.4. The fourth-order valence-electron chi connectivity index (χ4n) is 8.09. The summed E-state index contributed by atoms with van der Waals surface area (Å²) >= 11 is 1.66. The van der Waals surface area contributed by atoms with E-state index in [0.717, 1.165) is 42.2 Å². The predicted octanol–water partition coefficient (Wildman–Crippen LogP) is 4.94. The van der Waals surface area contributed by atoms with Crippen LogP contribution in [0.4, 0.5) is 0 Å². The summed E-state index contributed by atoms with van der Waals surface area (Å²) in [5.74, 6) is 2.59. The van der Waals surface area contributed by atoms with Crippen LogP contribution >= 0.6 is 11.8 Å². The molecule has 0 spiro atoms. The monoisotopic (exact) mass is 503 g/mol. The van der Waals surface area contributed by atoms with Crippen LogP contribution in [0.15, 0.2) is 16.3 Å². The molecule has 1 N–H and O–H groups in total. The molecular weight excluding hydrogens is 458 g/mol. The summed E-state index contributed by atoms with van der Waals surface area (Å²) in [6.45, 7) is 7.30. The number of aliphatic imine (C=N–C) groups is 1. The Balaban J connectivity index is 1.69. The summed E-state index contributed by atoms with van der Waals surface area (Å²) in [7, 11) is 4.13. The minimum atomic E-state index is -0.571. The number of imide groups is 1. The van der Waals surface area contributed by atoms with E-state index in [1.54, 1.807) is 11.8 Å². The molecule has 2 amide bonds. The second-order valence-electron chi connectivity index (χ2n) is 13.0. The molecule has 1 aliphatic heterocycles. The number of carbonyl (C=O) groups excluding carboxylic acids is 2. The lowest BCUT2D eigenvalue weighted by atomic mass is 9.48. The van der Waals surface area contributed by atoms with E-state index in [-0.39, 0.29) is 28.4 Å². The van der Waals surface area contributed by atoms with Crippen molar-refractivity contribution in [2.45, 2.75) is 78.2 Å². The summed E-state index contributed by atoms with van der Waals surface area (Å²) in [6.07, 6.45) is 11.1. The van der Waals surface area contributed by atoms with Gasteiger partial charge >= 0.3 is 0 Å². The van der Waals surface area contributed by atoms with Crippen molar-refractivity contribution in [1.82, 2.24) is 9.80 Å². The van der Waals surface area contributed by atoms with Crippen molar-refractivity contribution in [3.8, 4) is 0 Å². The third kappa shape index (κ3) is 5.66. The van der Waals surface area contributed by atoms with Gasteiger partial charge in [-0.25, -0.2) is 0 Å². The van der Waals surface area contributed by atoms with Gasteiger partial charge < -0.3 is 10.0 Å². The smallest absolute Gasteiger partial charge is 0.266 e. The molecule has 35 heavy (non-hydrogen) atoms. The Morgan fingerprint density at radius 2 is 1.74 bits per heavy atom. The highest BCUT2D eigenvalue weighted by Crippen LogP contribution is 2.61. The molecule has 6 nitrogen and oxygen atoms in total. The van der Waals surface area contributed by atoms with Gasteiger partial charge in [0.05, 0.1) is 11.8 Å². The molecule has 0 aromatic rings. The largest absolute Gasteiger partial charge is 0.509 e. The van der Waals surface area contributed by atoms with Crippen LogP contribution in [0.25, 0.3) is 0 Å². The van der Waals surface area contributed by atoms with Gasteiger partial charge in [0.15, 0.2) is 0 Å². The van der Waals surface area contributed by atoms with Crippen LogP contribution in [0.3, 0.4) is 0 Å². The number of amides is 2. The van der Waals surface area contributed by atoms with E-state index in [1.165, 1.54) is 50.3 Å². The molecule has 0 aromatic carbocycles. The lowest BCUT2D eigenvalue weighted by molar-refractivity contribution is -0.141. The summed E-state index contributed by atoms with van der Waals surface area (Å²) in [5, 5.41) is 11.4. The zero-order valence-electron chi connectivity index (χ0n) is 22.6. The van der Waals surface area contributed by atoms with Gasteiger partial charge in [-0.05, 0) is 106 Å². The molecule has 0 saturated heterocycles. The topological polar surface area (TPSA) is 73.2 Å². The van der Waals surface area contributed by atoms with Crippen molar-refractivity contribution in [2.75, 3.05) is 39.2 Å². The number of thioether (sulfide) groups is 1. The van der Waals surface area contributed by atoms with Crippen LogP contribution in [0.5, 0.6) is 0 Å². The van der Waals surface area contributed by atoms with Gasteiger partial charge in [-0.2, -0.15) is 11.8 Å². The van der Waals surface area contributed by atoms with Gasteiger partial charge in [0.25, 0.3) is 5.91 Å². The normalized spacial score (nSPS) is 32.9. The van der Waals surface area contributed by atoms with Crippen molar-refractivity contribution >= 4 is 29.3 Å². The molecule has 7 heteroatoms. The second kappa shape index (κ2) is 10.2.